The molecular weight excluding hydrogens is 808 g/mol. The summed E-state index contributed by atoms with van der Waals surface area (Å²) in [5, 5.41) is 21.6. The van der Waals surface area contributed by atoms with Gasteiger partial charge in [0.25, 0.3) is 0 Å². The standard InChI is InChI=1S/C28H20As2F6O5S4/c1-26(27(31,32)33,28(34,35)36)13-2-3-14(17(12-13)25(39)40)20-15-4-6-18(37)21(29-42-8-9-43-29)23(15)41-24-16(20)5-7-19(38)22(24)30-44-10-11-45-30/h2-7,12,37H,8-11H2,1H3,(H,39,40). The number of benzene rings is 3. The third-order valence-corrected chi connectivity index (χ3v) is 34.7. The van der Waals surface area contributed by atoms with Gasteiger partial charge in [-0.05, 0) is 0 Å². The van der Waals surface area contributed by atoms with Gasteiger partial charge in [0.1, 0.15) is 0 Å². The molecule has 17 heteroatoms. The summed E-state index contributed by atoms with van der Waals surface area (Å²) in [5.41, 5.74) is -6.01. The first kappa shape index (κ1) is 33.4. The number of alkyl halides is 6. The fourth-order valence-corrected chi connectivity index (χ4v) is 34.7. The van der Waals surface area contributed by atoms with Crippen LogP contribution < -0.4 is 14.1 Å². The molecule has 6 rings (SSSR count). The first-order valence-corrected chi connectivity index (χ1v) is 27.9. The number of phenolic OH excluding ortho intramolecular Hbond substituents is 1. The van der Waals surface area contributed by atoms with Crippen LogP contribution in [0.1, 0.15) is 22.8 Å². The normalized spacial score (nSPS) is 17.1. The van der Waals surface area contributed by atoms with E-state index in [4.69, 9.17) is 4.42 Å². The van der Waals surface area contributed by atoms with Gasteiger partial charge in [-0.3, -0.25) is 0 Å². The Hall–Kier alpha value is -1.50. The SMILES string of the molecule is CC(c1ccc(-c2c3ccc(=O)c([As]4SCCS4)c-3oc3c([As]4SCCS4)c(O)ccc23)c(C(=O)O)c1)(C(F)(F)F)C(F)(F)F. The number of phenols is 1. The van der Waals surface area contributed by atoms with Gasteiger partial charge in [-0.1, -0.05) is 0 Å². The summed E-state index contributed by atoms with van der Waals surface area (Å²) < 4.78 is 91.5. The number of aromatic carboxylic acids is 1. The Kier molecular flexibility index (Phi) is 9.04. The zero-order valence-corrected chi connectivity index (χ0v) is 29.8. The van der Waals surface area contributed by atoms with E-state index in [1.807, 2.05) is 0 Å². The van der Waals surface area contributed by atoms with E-state index < -0.39 is 59.5 Å². The van der Waals surface area contributed by atoms with Crippen molar-refractivity contribution in [1.82, 2.24) is 0 Å². The molecule has 0 amide bonds. The first-order chi connectivity index (χ1) is 21.1. The molecule has 3 aliphatic heterocycles. The molecule has 0 aromatic heterocycles. The van der Waals surface area contributed by atoms with Crippen molar-refractivity contribution >= 4 is 90.4 Å². The summed E-state index contributed by atoms with van der Waals surface area (Å²) in [7, 11) is 6.75. The van der Waals surface area contributed by atoms with Crippen molar-refractivity contribution in [3.05, 3.63) is 63.8 Å². The van der Waals surface area contributed by atoms with Crippen molar-refractivity contribution in [1.29, 1.82) is 0 Å². The molecule has 238 valence electrons. The van der Waals surface area contributed by atoms with Gasteiger partial charge in [0.05, 0.1) is 0 Å². The van der Waals surface area contributed by atoms with E-state index in [1.54, 1.807) is 40.1 Å². The molecule has 2 N–H and O–H groups in total. The Labute approximate surface area is 274 Å². The van der Waals surface area contributed by atoms with Crippen LogP contribution in [0, 0.1) is 0 Å². The zero-order valence-electron chi connectivity index (χ0n) is 22.8. The third-order valence-electron chi connectivity index (χ3n) is 7.54. The average molecular weight is 829 g/mol. The number of fused-ring (bicyclic) bond motifs is 2. The molecular formula is C28H20As2F6O5S4. The van der Waals surface area contributed by atoms with Gasteiger partial charge in [0.15, 0.2) is 0 Å². The Bertz CT molecular complexity index is 1840. The van der Waals surface area contributed by atoms with Crippen LogP contribution in [-0.2, 0) is 5.41 Å². The van der Waals surface area contributed by atoms with Crippen molar-refractivity contribution in [2.24, 2.45) is 0 Å². The summed E-state index contributed by atoms with van der Waals surface area (Å²) in [5.74, 6) is 1.81. The Balaban J connectivity index is 1.73. The fraction of sp³-hybridized carbons (Fsp3) is 0.286. The summed E-state index contributed by atoms with van der Waals surface area (Å²) >= 11 is -4.08. The molecule has 0 bridgehead atoms. The minimum atomic E-state index is -5.78. The van der Waals surface area contributed by atoms with Crippen LogP contribution in [0.15, 0.2) is 51.7 Å². The van der Waals surface area contributed by atoms with Crippen LogP contribution in [0.25, 0.3) is 33.4 Å². The van der Waals surface area contributed by atoms with Gasteiger partial charge < -0.3 is 0 Å². The van der Waals surface area contributed by atoms with Gasteiger partial charge in [-0.2, -0.15) is 0 Å². The third kappa shape index (κ3) is 5.61. The number of hydrogen-bond acceptors (Lipinski definition) is 8. The fourth-order valence-electron chi connectivity index (χ4n) is 5.15. The first-order valence-electron chi connectivity index (χ1n) is 13.0. The van der Waals surface area contributed by atoms with E-state index in [0.717, 1.165) is 29.1 Å². The number of hydrogen-bond donors (Lipinski definition) is 2. The summed E-state index contributed by atoms with van der Waals surface area (Å²) in [6, 6.07) is 7.80. The molecule has 0 saturated carbocycles. The van der Waals surface area contributed by atoms with Crippen LogP contribution in [0.2, 0.25) is 0 Å². The van der Waals surface area contributed by atoms with Crippen molar-refractivity contribution in [2.45, 2.75) is 24.7 Å². The van der Waals surface area contributed by atoms with E-state index >= 15 is 0 Å². The average Bonchev–Trinajstić information content (AvgIpc) is 3.69. The number of carbonyl (C=O) groups is 1. The molecule has 3 heterocycles. The second-order valence-electron chi connectivity index (χ2n) is 10.1. The molecule has 5 nitrogen and oxygen atoms in total. The summed E-state index contributed by atoms with van der Waals surface area (Å²) in [6.07, 6.45) is -11.6. The van der Waals surface area contributed by atoms with Gasteiger partial charge in [0, 0.05) is 0 Å². The van der Waals surface area contributed by atoms with E-state index in [9.17, 15) is 46.1 Å². The molecule has 0 unspecified atom stereocenters. The Morgan fingerprint density at radius 3 is 1.93 bits per heavy atom. The topological polar surface area (TPSA) is 87.7 Å². The van der Waals surface area contributed by atoms with E-state index in [1.165, 1.54) is 24.3 Å². The number of halogens is 6. The van der Waals surface area contributed by atoms with Crippen LogP contribution in [0.5, 0.6) is 5.75 Å². The zero-order chi connectivity index (χ0) is 32.5. The number of rotatable bonds is 5. The molecule has 4 aliphatic rings. The number of carboxylic acids is 1. The monoisotopic (exact) mass is 828 g/mol. The molecule has 45 heavy (non-hydrogen) atoms. The predicted molar refractivity (Wildman–Crippen MR) is 173 cm³/mol. The van der Waals surface area contributed by atoms with Crippen molar-refractivity contribution in [2.75, 3.05) is 23.0 Å². The second-order valence-corrected chi connectivity index (χ2v) is 33.3. The molecule has 0 atom stereocenters. The molecule has 0 spiro atoms. The second kappa shape index (κ2) is 12.2. The van der Waals surface area contributed by atoms with Gasteiger partial charge in [-0.15, -0.1) is 0 Å². The maximum absolute atomic E-state index is 14.0. The van der Waals surface area contributed by atoms with E-state index in [2.05, 4.69) is 0 Å². The number of carboxylic acid groups (broad SMARTS) is 1. The molecule has 2 aromatic rings. The molecule has 2 aromatic carbocycles. The summed E-state index contributed by atoms with van der Waals surface area (Å²) in [4.78, 5) is 26.0. The number of aromatic hydroxyl groups is 1. The molecule has 0 radical (unpaired) electrons. The molecule has 2 fully saturated rings. The molecule has 2 saturated heterocycles. The van der Waals surface area contributed by atoms with Crippen molar-refractivity contribution in [3.63, 3.8) is 0 Å². The van der Waals surface area contributed by atoms with E-state index in [-0.39, 0.29) is 40.6 Å². The Morgan fingerprint density at radius 2 is 1.38 bits per heavy atom. The van der Waals surface area contributed by atoms with Crippen LogP contribution in [0.3, 0.4) is 0 Å². The van der Waals surface area contributed by atoms with Crippen molar-refractivity contribution < 1.29 is 45.8 Å². The summed E-state index contributed by atoms with van der Waals surface area (Å²) in [6.45, 7) is -0.0134. The maximum atomic E-state index is 14.0. The quantitative estimate of drug-likeness (QED) is 0.130. The van der Waals surface area contributed by atoms with Crippen LogP contribution >= 0.6 is 40.1 Å². The van der Waals surface area contributed by atoms with Gasteiger partial charge in [0.2, 0.25) is 0 Å². The predicted octanol–water partition coefficient (Wildman–Crippen LogP) is 6.70. The van der Waals surface area contributed by atoms with Gasteiger partial charge in [-0.25, -0.2) is 0 Å². The molecule has 1 aliphatic carbocycles. The van der Waals surface area contributed by atoms with Crippen LogP contribution in [-0.4, -0.2) is 76.2 Å². The van der Waals surface area contributed by atoms with Gasteiger partial charge >= 0.3 is 276 Å². The van der Waals surface area contributed by atoms with E-state index in [0.29, 0.717) is 31.8 Å². The van der Waals surface area contributed by atoms with Crippen molar-refractivity contribution in [3.8, 4) is 28.2 Å². The Morgan fingerprint density at radius 1 is 0.822 bits per heavy atom. The van der Waals surface area contributed by atoms with Crippen LogP contribution in [0.4, 0.5) is 26.3 Å². The minimum absolute atomic E-state index is 0.0134.